The maximum atomic E-state index is 6.01. The normalized spacial score (nSPS) is 18.6. The number of nitrogen functional groups attached to an aromatic ring is 1. The first kappa shape index (κ1) is 13.1. The summed E-state index contributed by atoms with van der Waals surface area (Å²) in [7, 11) is 0. The van der Waals surface area contributed by atoms with E-state index in [2.05, 4.69) is 22.1 Å². The Morgan fingerprint density at radius 3 is 2.94 bits per heavy atom. The largest absolute Gasteiger partial charge is 0.396 e. The van der Waals surface area contributed by atoms with Crippen LogP contribution in [-0.2, 0) is 4.74 Å². The summed E-state index contributed by atoms with van der Waals surface area (Å²) in [6.45, 7) is 8.80. The predicted molar refractivity (Wildman–Crippen MR) is 73.7 cm³/mol. The molecule has 0 bridgehead atoms. The van der Waals surface area contributed by atoms with Gasteiger partial charge in [0, 0.05) is 31.9 Å². The molecule has 1 fully saturated rings. The number of morpholine rings is 1. The van der Waals surface area contributed by atoms with Crippen molar-refractivity contribution in [2.45, 2.75) is 19.9 Å². The molecule has 0 aliphatic carbocycles. The summed E-state index contributed by atoms with van der Waals surface area (Å²) in [6, 6.07) is 2.24. The SMILES string of the molecule is Cc1ccnc(NC(C)CN2CCOCC2)c1N. The number of nitrogens with two attached hydrogens (primary N) is 1. The van der Waals surface area contributed by atoms with Gasteiger partial charge in [-0.3, -0.25) is 4.90 Å². The molecule has 1 atom stereocenters. The van der Waals surface area contributed by atoms with E-state index in [9.17, 15) is 0 Å². The average molecular weight is 250 g/mol. The van der Waals surface area contributed by atoms with Crippen LogP contribution in [-0.4, -0.2) is 48.8 Å². The summed E-state index contributed by atoms with van der Waals surface area (Å²) in [6.07, 6.45) is 1.79. The molecular weight excluding hydrogens is 228 g/mol. The third-order valence-electron chi connectivity index (χ3n) is 3.23. The summed E-state index contributed by atoms with van der Waals surface area (Å²) in [5.41, 5.74) is 7.81. The van der Waals surface area contributed by atoms with Gasteiger partial charge in [0.05, 0.1) is 18.9 Å². The zero-order valence-corrected chi connectivity index (χ0v) is 11.1. The van der Waals surface area contributed by atoms with E-state index in [1.54, 1.807) is 6.20 Å². The highest BCUT2D eigenvalue weighted by atomic mass is 16.5. The lowest BCUT2D eigenvalue weighted by molar-refractivity contribution is 0.0368. The molecule has 2 heterocycles. The minimum Gasteiger partial charge on any atom is -0.396 e. The van der Waals surface area contributed by atoms with E-state index in [0.717, 1.165) is 49.9 Å². The van der Waals surface area contributed by atoms with Gasteiger partial charge in [0.2, 0.25) is 0 Å². The quantitative estimate of drug-likeness (QED) is 0.838. The first-order valence-electron chi connectivity index (χ1n) is 6.44. The Hall–Kier alpha value is -1.33. The Kier molecular flexibility index (Phi) is 4.38. The highest BCUT2D eigenvalue weighted by molar-refractivity contribution is 5.65. The summed E-state index contributed by atoms with van der Waals surface area (Å²) in [5.74, 6) is 0.788. The fraction of sp³-hybridized carbons (Fsp3) is 0.615. The second-order valence-electron chi connectivity index (χ2n) is 4.85. The fourth-order valence-corrected chi connectivity index (χ4v) is 2.13. The van der Waals surface area contributed by atoms with Crippen LogP contribution in [0.5, 0.6) is 0 Å². The zero-order valence-electron chi connectivity index (χ0n) is 11.1. The highest BCUT2D eigenvalue weighted by Gasteiger charge is 2.14. The third kappa shape index (κ3) is 3.34. The molecule has 0 radical (unpaired) electrons. The fourth-order valence-electron chi connectivity index (χ4n) is 2.13. The molecule has 0 amide bonds. The molecule has 1 aliphatic heterocycles. The lowest BCUT2D eigenvalue weighted by Gasteiger charge is -2.29. The Morgan fingerprint density at radius 2 is 2.22 bits per heavy atom. The zero-order chi connectivity index (χ0) is 13.0. The lowest BCUT2D eigenvalue weighted by atomic mass is 10.2. The van der Waals surface area contributed by atoms with Gasteiger partial charge >= 0.3 is 0 Å². The number of nitrogens with zero attached hydrogens (tertiary/aromatic N) is 2. The van der Waals surface area contributed by atoms with Gasteiger partial charge in [-0.2, -0.15) is 0 Å². The first-order valence-corrected chi connectivity index (χ1v) is 6.44. The molecular formula is C13H22N4O. The summed E-state index contributed by atoms with van der Waals surface area (Å²) < 4.78 is 5.34. The smallest absolute Gasteiger partial charge is 0.149 e. The van der Waals surface area contributed by atoms with Crippen molar-refractivity contribution in [3.05, 3.63) is 17.8 Å². The van der Waals surface area contributed by atoms with Crippen LogP contribution in [0.25, 0.3) is 0 Å². The number of anilines is 2. The summed E-state index contributed by atoms with van der Waals surface area (Å²) >= 11 is 0. The van der Waals surface area contributed by atoms with Gasteiger partial charge in [-0.25, -0.2) is 4.98 Å². The molecule has 1 aliphatic rings. The number of aromatic nitrogens is 1. The van der Waals surface area contributed by atoms with Crippen molar-refractivity contribution in [1.29, 1.82) is 0 Å². The number of hydrogen-bond donors (Lipinski definition) is 2. The molecule has 1 aromatic heterocycles. The van der Waals surface area contributed by atoms with Gasteiger partial charge < -0.3 is 15.8 Å². The van der Waals surface area contributed by atoms with Crippen LogP contribution < -0.4 is 11.1 Å². The van der Waals surface area contributed by atoms with E-state index in [0.29, 0.717) is 6.04 Å². The van der Waals surface area contributed by atoms with E-state index >= 15 is 0 Å². The van der Waals surface area contributed by atoms with Crippen LogP contribution in [0.3, 0.4) is 0 Å². The van der Waals surface area contributed by atoms with E-state index in [1.807, 2.05) is 13.0 Å². The maximum absolute atomic E-state index is 6.01. The van der Waals surface area contributed by atoms with Crippen molar-refractivity contribution in [2.24, 2.45) is 0 Å². The molecule has 0 spiro atoms. The number of ether oxygens (including phenoxy) is 1. The number of nitrogens with one attached hydrogen (secondary N) is 1. The molecule has 0 saturated carbocycles. The Morgan fingerprint density at radius 1 is 1.50 bits per heavy atom. The average Bonchev–Trinajstić information content (AvgIpc) is 2.36. The molecule has 0 aromatic carbocycles. The van der Waals surface area contributed by atoms with Crippen molar-refractivity contribution in [1.82, 2.24) is 9.88 Å². The molecule has 3 N–H and O–H groups in total. The van der Waals surface area contributed by atoms with Crippen molar-refractivity contribution in [3.8, 4) is 0 Å². The Bertz CT molecular complexity index is 391. The van der Waals surface area contributed by atoms with Crippen LogP contribution in [0.15, 0.2) is 12.3 Å². The molecule has 1 unspecified atom stereocenters. The molecule has 100 valence electrons. The second kappa shape index (κ2) is 6.02. The number of aryl methyl sites for hydroxylation is 1. The van der Waals surface area contributed by atoms with Crippen molar-refractivity contribution >= 4 is 11.5 Å². The topological polar surface area (TPSA) is 63.4 Å². The van der Waals surface area contributed by atoms with Gasteiger partial charge in [0.15, 0.2) is 0 Å². The van der Waals surface area contributed by atoms with Crippen LogP contribution in [0.4, 0.5) is 11.5 Å². The van der Waals surface area contributed by atoms with Gasteiger partial charge in [0.25, 0.3) is 0 Å². The lowest BCUT2D eigenvalue weighted by Crippen LogP contribution is -2.42. The summed E-state index contributed by atoms with van der Waals surface area (Å²) in [4.78, 5) is 6.69. The Labute approximate surface area is 108 Å². The molecule has 2 rings (SSSR count). The standard InChI is InChI=1S/C13H22N4O/c1-10-3-4-15-13(12(10)14)16-11(2)9-17-5-7-18-8-6-17/h3-4,11H,5-9,14H2,1-2H3,(H,15,16). The van der Waals surface area contributed by atoms with Crippen molar-refractivity contribution in [2.75, 3.05) is 43.9 Å². The number of rotatable bonds is 4. The maximum Gasteiger partial charge on any atom is 0.149 e. The van der Waals surface area contributed by atoms with E-state index in [-0.39, 0.29) is 0 Å². The van der Waals surface area contributed by atoms with E-state index in [4.69, 9.17) is 10.5 Å². The summed E-state index contributed by atoms with van der Waals surface area (Å²) in [5, 5.41) is 3.38. The minimum absolute atomic E-state index is 0.319. The van der Waals surface area contributed by atoms with Gasteiger partial charge in [-0.15, -0.1) is 0 Å². The van der Waals surface area contributed by atoms with E-state index in [1.165, 1.54) is 0 Å². The molecule has 5 nitrogen and oxygen atoms in total. The van der Waals surface area contributed by atoms with Crippen molar-refractivity contribution < 1.29 is 4.74 Å². The first-order chi connectivity index (χ1) is 8.66. The molecule has 1 saturated heterocycles. The minimum atomic E-state index is 0.319. The van der Waals surface area contributed by atoms with Crippen LogP contribution in [0.1, 0.15) is 12.5 Å². The van der Waals surface area contributed by atoms with Crippen LogP contribution in [0.2, 0.25) is 0 Å². The molecule has 1 aromatic rings. The predicted octanol–water partition coefficient (Wildman–Crippen LogP) is 1.10. The number of pyridine rings is 1. The van der Waals surface area contributed by atoms with Gasteiger partial charge in [-0.1, -0.05) is 0 Å². The van der Waals surface area contributed by atoms with Gasteiger partial charge in [0.1, 0.15) is 5.82 Å². The second-order valence-corrected chi connectivity index (χ2v) is 4.85. The van der Waals surface area contributed by atoms with Gasteiger partial charge in [-0.05, 0) is 25.5 Å². The monoisotopic (exact) mass is 250 g/mol. The highest BCUT2D eigenvalue weighted by Crippen LogP contribution is 2.19. The Balaban J connectivity index is 1.90. The molecule has 5 heteroatoms. The number of hydrogen-bond acceptors (Lipinski definition) is 5. The molecule has 18 heavy (non-hydrogen) atoms. The van der Waals surface area contributed by atoms with Crippen LogP contribution >= 0.6 is 0 Å². The van der Waals surface area contributed by atoms with Crippen molar-refractivity contribution in [3.63, 3.8) is 0 Å². The van der Waals surface area contributed by atoms with Crippen LogP contribution in [0, 0.1) is 6.92 Å². The third-order valence-corrected chi connectivity index (χ3v) is 3.23. The van der Waals surface area contributed by atoms with E-state index < -0.39 is 0 Å².